The molecule has 0 radical (unpaired) electrons. The Morgan fingerprint density at radius 3 is 2.19 bits per heavy atom. The summed E-state index contributed by atoms with van der Waals surface area (Å²) in [5.74, 6) is -0.355. The van der Waals surface area contributed by atoms with E-state index in [1.54, 1.807) is 31.3 Å². The molecular formula is C20H23N3O3. The number of carbonyl (C=O) groups is 3. The van der Waals surface area contributed by atoms with Crippen molar-refractivity contribution < 1.29 is 14.4 Å². The highest BCUT2D eigenvalue weighted by atomic mass is 16.2. The van der Waals surface area contributed by atoms with Gasteiger partial charge < -0.3 is 15.5 Å². The average molecular weight is 353 g/mol. The Morgan fingerprint density at radius 2 is 1.58 bits per heavy atom. The Kier molecular flexibility index (Phi) is 6.91. The maximum atomic E-state index is 12.0. The van der Waals surface area contributed by atoms with Crippen molar-refractivity contribution in [3.8, 4) is 0 Å². The van der Waals surface area contributed by atoms with Gasteiger partial charge in [0, 0.05) is 38.3 Å². The van der Waals surface area contributed by atoms with Crippen LogP contribution < -0.4 is 15.5 Å². The summed E-state index contributed by atoms with van der Waals surface area (Å²) in [6, 6.07) is 16.4. The van der Waals surface area contributed by atoms with Crippen LogP contribution in [-0.4, -0.2) is 31.3 Å². The van der Waals surface area contributed by atoms with Crippen LogP contribution in [0.1, 0.15) is 18.9 Å². The van der Waals surface area contributed by atoms with Gasteiger partial charge in [-0.3, -0.25) is 14.4 Å². The monoisotopic (exact) mass is 353 g/mol. The Balaban J connectivity index is 1.73. The molecule has 0 saturated carbocycles. The highest BCUT2D eigenvalue weighted by Crippen LogP contribution is 2.17. The van der Waals surface area contributed by atoms with Gasteiger partial charge in [0.05, 0.1) is 6.42 Å². The molecule has 3 amide bonds. The van der Waals surface area contributed by atoms with Crippen LogP contribution >= 0.6 is 0 Å². The van der Waals surface area contributed by atoms with Gasteiger partial charge in [0.2, 0.25) is 17.7 Å². The Hall–Kier alpha value is -3.15. The van der Waals surface area contributed by atoms with Crippen molar-refractivity contribution in [3.05, 3.63) is 60.2 Å². The number of carbonyl (C=O) groups excluding carboxylic acids is 3. The summed E-state index contributed by atoms with van der Waals surface area (Å²) in [5, 5.41) is 5.51. The molecule has 2 N–H and O–H groups in total. The fourth-order valence-electron chi connectivity index (χ4n) is 2.33. The van der Waals surface area contributed by atoms with E-state index in [0.29, 0.717) is 12.1 Å². The first-order chi connectivity index (χ1) is 12.5. The predicted molar refractivity (Wildman–Crippen MR) is 102 cm³/mol. The van der Waals surface area contributed by atoms with Crippen LogP contribution in [0.25, 0.3) is 0 Å². The van der Waals surface area contributed by atoms with Gasteiger partial charge in [-0.05, 0) is 29.8 Å². The first-order valence-corrected chi connectivity index (χ1v) is 8.40. The maximum absolute atomic E-state index is 12.0. The topological polar surface area (TPSA) is 78.5 Å². The van der Waals surface area contributed by atoms with Gasteiger partial charge in [-0.25, -0.2) is 0 Å². The molecular weight excluding hydrogens is 330 g/mol. The molecule has 0 saturated heterocycles. The smallest absolute Gasteiger partial charge is 0.226 e. The summed E-state index contributed by atoms with van der Waals surface area (Å²) in [4.78, 5) is 36.6. The maximum Gasteiger partial charge on any atom is 0.226 e. The number of anilines is 2. The minimum atomic E-state index is -0.183. The van der Waals surface area contributed by atoms with E-state index in [1.807, 2.05) is 30.3 Å². The molecule has 136 valence electrons. The summed E-state index contributed by atoms with van der Waals surface area (Å²) < 4.78 is 0. The molecule has 2 aromatic rings. The molecule has 0 spiro atoms. The van der Waals surface area contributed by atoms with E-state index in [9.17, 15) is 14.4 Å². The van der Waals surface area contributed by atoms with Crippen LogP contribution in [0, 0.1) is 0 Å². The molecule has 0 aliphatic heterocycles. The van der Waals surface area contributed by atoms with Gasteiger partial charge in [-0.2, -0.15) is 0 Å². The summed E-state index contributed by atoms with van der Waals surface area (Å²) >= 11 is 0. The zero-order valence-electron chi connectivity index (χ0n) is 15.0. The van der Waals surface area contributed by atoms with Crippen molar-refractivity contribution in [3.63, 3.8) is 0 Å². The van der Waals surface area contributed by atoms with Gasteiger partial charge in [0.15, 0.2) is 0 Å². The minimum absolute atomic E-state index is 0.0620. The molecule has 26 heavy (non-hydrogen) atoms. The fourth-order valence-corrected chi connectivity index (χ4v) is 2.33. The SMILES string of the molecule is CC(=O)N(C)c1ccc(NC(=O)CCNC(=O)Cc2ccccc2)cc1. The summed E-state index contributed by atoms with van der Waals surface area (Å²) in [5.41, 5.74) is 2.33. The first kappa shape index (κ1) is 19.2. The Bertz CT molecular complexity index is 758. The van der Waals surface area contributed by atoms with Crippen molar-refractivity contribution >= 4 is 29.1 Å². The molecule has 0 unspecified atom stereocenters. The molecule has 0 atom stereocenters. The van der Waals surface area contributed by atoms with Crippen molar-refractivity contribution in [2.75, 3.05) is 23.8 Å². The number of nitrogens with zero attached hydrogens (tertiary/aromatic N) is 1. The predicted octanol–water partition coefficient (Wildman–Crippen LogP) is 2.36. The van der Waals surface area contributed by atoms with Crippen LogP contribution in [-0.2, 0) is 20.8 Å². The van der Waals surface area contributed by atoms with Crippen LogP contribution in [0.4, 0.5) is 11.4 Å². The van der Waals surface area contributed by atoms with E-state index in [-0.39, 0.29) is 30.7 Å². The standard InChI is InChI=1S/C20H23N3O3/c1-15(24)23(2)18-10-8-17(9-11-18)22-19(25)12-13-21-20(26)14-16-6-4-3-5-7-16/h3-11H,12-14H2,1-2H3,(H,21,26)(H,22,25). The highest BCUT2D eigenvalue weighted by Gasteiger charge is 2.08. The van der Waals surface area contributed by atoms with Crippen molar-refractivity contribution in [1.82, 2.24) is 5.32 Å². The molecule has 6 heteroatoms. The average Bonchev–Trinajstić information content (AvgIpc) is 2.62. The quantitative estimate of drug-likeness (QED) is 0.802. The molecule has 2 rings (SSSR count). The van der Waals surface area contributed by atoms with Gasteiger partial charge >= 0.3 is 0 Å². The normalized spacial score (nSPS) is 10.1. The molecule has 0 aliphatic carbocycles. The van der Waals surface area contributed by atoms with Gasteiger partial charge in [-0.15, -0.1) is 0 Å². The highest BCUT2D eigenvalue weighted by molar-refractivity contribution is 5.93. The van der Waals surface area contributed by atoms with Gasteiger partial charge in [0.1, 0.15) is 0 Å². The van der Waals surface area contributed by atoms with E-state index in [2.05, 4.69) is 10.6 Å². The molecule has 0 aliphatic rings. The minimum Gasteiger partial charge on any atom is -0.355 e. The second-order valence-electron chi connectivity index (χ2n) is 5.94. The van der Waals surface area contributed by atoms with E-state index >= 15 is 0 Å². The number of hydrogen-bond donors (Lipinski definition) is 2. The Morgan fingerprint density at radius 1 is 0.923 bits per heavy atom. The first-order valence-electron chi connectivity index (χ1n) is 8.40. The van der Waals surface area contributed by atoms with Crippen LogP contribution in [0.15, 0.2) is 54.6 Å². The lowest BCUT2D eigenvalue weighted by Crippen LogP contribution is -2.28. The van der Waals surface area contributed by atoms with Gasteiger partial charge in [0.25, 0.3) is 0 Å². The molecule has 6 nitrogen and oxygen atoms in total. The molecule has 0 heterocycles. The lowest BCUT2D eigenvalue weighted by Gasteiger charge is -2.15. The third kappa shape index (κ3) is 6.05. The summed E-state index contributed by atoms with van der Waals surface area (Å²) in [6.07, 6.45) is 0.489. The lowest BCUT2D eigenvalue weighted by molar-refractivity contribution is -0.120. The number of nitrogens with one attached hydrogen (secondary N) is 2. The van der Waals surface area contributed by atoms with Crippen molar-refractivity contribution in [1.29, 1.82) is 0 Å². The Labute approximate surface area is 153 Å². The largest absolute Gasteiger partial charge is 0.355 e. The third-order valence-electron chi connectivity index (χ3n) is 3.89. The molecule has 0 bridgehead atoms. The fraction of sp³-hybridized carbons (Fsp3) is 0.250. The van der Waals surface area contributed by atoms with Crippen LogP contribution in [0.3, 0.4) is 0 Å². The van der Waals surface area contributed by atoms with E-state index in [4.69, 9.17) is 0 Å². The number of amides is 3. The number of benzene rings is 2. The third-order valence-corrected chi connectivity index (χ3v) is 3.89. The summed E-state index contributed by atoms with van der Waals surface area (Å²) in [6.45, 7) is 1.77. The molecule has 2 aromatic carbocycles. The lowest BCUT2D eigenvalue weighted by atomic mass is 10.1. The number of rotatable bonds is 7. The zero-order valence-corrected chi connectivity index (χ0v) is 15.0. The van der Waals surface area contributed by atoms with Gasteiger partial charge in [-0.1, -0.05) is 30.3 Å². The second-order valence-corrected chi connectivity index (χ2v) is 5.94. The second kappa shape index (κ2) is 9.36. The zero-order chi connectivity index (χ0) is 18.9. The van der Waals surface area contributed by atoms with Crippen molar-refractivity contribution in [2.45, 2.75) is 19.8 Å². The van der Waals surface area contributed by atoms with Crippen LogP contribution in [0.2, 0.25) is 0 Å². The van der Waals surface area contributed by atoms with E-state index < -0.39 is 0 Å². The molecule has 0 fully saturated rings. The van der Waals surface area contributed by atoms with E-state index in [1.165, 1.54) is 11.8 Å². The van der Waals surface area contributed by atoms with Crippen LogP contribution in [0.5, 0.6) is 0 Å². The molecule has 0 aromatic heterocycles. The van der Waals surface area contributed by atoms with E-state index in [0.717, 1.165) is 11.3 Å². The summed E-state index contributed by atoms with van der Waals surface area (Å²) in [7, 11) is 1.69. The number of hydrogen-bond acceptors (Lipinski definition) is 3. The van der Waals surface area contributed by atoms with Crippen molar-refractivity contribution in [2.24, 2.45) is 0 Å².